The average molecular weight is 464 g/mol. The second-order valence-electron chi connectivity index (χ2n) is 8.81. The predicted octanol–water partition coefficient (Wildman–Crippen LogP) is 3.10. The number of nitrogens with one attached hydrogen (secondary N) is 2. The molecule has 8 nitrogen and oxygen atoms in total. The quantitative estimate of drug-likeness (QED) is 0.281. The van der Waals surface area contributed by atoms with E-state index in [9.17, 15) is 18.0 Å². The number of likely N-dealkylation sites (tertiary alicyclic amines) is 2. The lowest BCUT2D eigenvalue weighted by molar-refractivity contribution is -0.137. The van der Waals surface area contributed by atoms with Crippen LogP contribution in [0.5, 0.6) is 0 Å². The van der Waals surface area contributed by atoms with E-state index in [0.29, 0.717) is 25.2 Å². The molecule has 2 saturated heterocycles. The van der Waals surface area contributed by atoms with Gasteiger partial charge in [-0.2, -0.15) is 23.0 Å². The number of benzene rings is 1. The fourth-order valence-electron chi connectivity index (χ4n) is 4.99. The van der Waals surface area contributed by atoms with Crippen LogP contribution in [0.2, 0.25) is 0 Å². The second-order valence-corrected chi connectivity index (χ2v) is 8.81. The first-order chi connectivity index (χ1) is 15.6. The van der Waals surface area contributed by atoms with Crippen molar-refractivity contribution in [2.45, 2.75) is 50.9 Å². The van der Waals surface area contributed by atoms with Gasteiger partial charge in [-0.25, -0.2) is 10.6 Å². The van der Waals surface area contributed by atoms with Crippen molar-refractivity contribution in [2.24, 2.45) is 5.84 Å². The summed E-state index contributed by atoms with van der Waals surface area (Å²) in [6, 6.07) is 5.12. The zero-order valence-electron chi connectivity index (χ0n) is 18.5. The van der Waals surface area contributed by atoms with E-state index in [1.807, 2.05) is 6.92 Å². The van der Waals surface area contributed by atoms with Crippen molar-refractivity contribution in [1.82, 2.24) is 25.0 Å². The molecule has 0 aliphatic carbocycles. The Hall–Kier alpha value is -2.92. The Morgan fingerprint density at radius 3 is 2.55 bits per heavy atom. The molecule has 2 aliphatic heterocycles. The molecule has 0 saturated carbocycles. The molecule has 1 aromatic heterocycles. The summed E-state index contributed by atoms with van der Waals surface area (Å²) in [6.45, 7) is 4.25. The molecule has 0 atom stereocenters. The molecule has 2 fully saturated rings. The number of amides is 1. The minimum Gasteiger partial charge on any atom is -0.323 e. The highest BCUT2D eigenvalue weighted by molar-refractivity contribution is 5.97. The van der Waals surface area contributed by atoms with Gasteiger partial charge in [0.2, 0.25) is 0 Å². The summed E-state index contributed by atoms with van der Waals surface area (Å²) in [6.07, 6.45) is 0.677. The van der Waals surface area contributed by atoms with Crippen molar-refractivity contribution in [3.63, 3.8) is 0 Å². The molecule has 33 heavy (non-hydrogen) atoms. The van der Waals surface area contributed by atoms with Gasteiger partial charge in [-0.15, -0.1) is 0 Å². The Morgan fingerprint density at radius 1 is 1.21 bits per heavy atom. The van der Waals surface area contributed by atoms with Gasteiger partial charge >= 0.3 is 12.2 Å². The number of nitrogens with zero attached hydrogens (tertiary/aromatic N) is 4. The summed E-state index contributed by atoms with van der Waals surface area (Å²) in [4.78, 5) is 16.8. The standard InChI is InChI=1S/C22H28F3N7O/c1-15-5-10-32(29-15)20(33)30-11-7-21(8-12-30)6-2-9-31(21)14-16-3-4-17(22(23,24)25)13-18(16)19(26)28-27/h3-5,10,13H,2,6-9,11-12,14,27H2,1H3,(H2,26,28). The highest BCUT2D eigenvalue weighted by atomic mass is 19.4. The van der Waals surface area contributed by atoms with Gasteiger partial charge in [-0.05, 0) is 62.9 Å². The molecule has 0 unspecified atom stereocenters. The van der Waals surface area contributed by atoms with E-state index in [1.54, 1.807) is 17.2 Å². The Morgan fingerprint density at radius 2 is 1.94 bits per heavy atom. The van der Waals surface area contributed by atoms with Gasteiger partial charge in [-0.1, -0.05) is 6.07 Å². The molecule has 4 N–H and O–H groups in total. The Bertz CT molecular complexity index is 1040. The molecule has 0 bridgehead atoms. The first-order valence-electron chi connectivity index (χ1n) is 11.0. The smallest absolute Gasteiger partial charge is 0.323 e. The third-order valence-corrected chi connectivity index (χ3v) is 6.84. The van der Waals surface area contributed by atoms with Crippen molar-refractivity contribution in [3.05, 3.63) is 52.8 Å². The van der Waals surface area contributed by atoms with Crippen LogP contribution in [0, 0.1) is 12.3 Å². The number of hydrogen-bond acceptors (Lipinski definition) is 5. The SMILES string of the molecule is Cc1ccn(C(=O)N2CCC3(CCCN3Cc3ccc(C(F)(F)F)cc3C(=N)NN)CC2)n1. The van der Waals surface area contributed by atoms with E-state index >= 15 is 0 Å². The first kappa shape index (κ1) is 23.2. The molecular weight excluding hydrogens is 435 g/mol. The molecule has 3 heterocycles. The third kappa shape index (κ3) is 4.60. The van der Waals surface area contributed by atoms with Crippen LogP contribution in [0.15, 0.2) is 30.5 Å². The molecule has 1 aromatic carbocycles. The van der Waals surface area contributed by atoms with Gasteiger partial charge in [-0.3, -0.25) is 10.3 Å². The first-order valence-corrected chi connectivity index (χ1v) is 11.0. The molecule has 2 aromatic rings. The van der Waals surface area contributed by atoms with Gasteiger partial charge in [0.05, 0.1) is 11.3 Å². The number of aryl methyl sites for hydroxylation is 1. The highest BCUT2D eigenvalue weighted by Gasteiger charge is 2.44. The molecule has 2 aliphatic rings. The summed E-state index contributed by atoms with van der Waals surface area (Å²) >= 11 is 0. The van der Waals surface area contributed by atoms with E-state index in [0.717, 1.165) is 50.1 Å². The Kier molecular flexibility index (Phi) is 6.19. The molecule has 1 spiro atoms. The monoisotopic (exact) mass is 463 g/mol. The van der Waals surface area contributed by atoms with Gasteiger partial charge < -0.3 is 10.3 Å². The van der Waals surface area contributed by atoms with E-state index in [1.165, 1.54) is 10.7 Å². The fraction of sp³-hybridized carbons (Fsp3) is 0.500. The third-order valence-electron chi connectivity index (χ3n) is 6.84. The number of carbonyl (C=O) groups is 1. The molecule has 4 rings (SSSR count). The zero-order chi connectivity index (χ0) is 23.8. The van der Waals surface area contributed by atoms with Crippen LogP contribution in [0.4, 0.5) is 18.0 Å². The lowest BCUT2D eigenvalue weighted by atomic mass is 9.84. The maximum absolute atomic E-state index is 13.2. The van der Waals surface area contributed by atoms with Crippen molar-refractivity contribution < 1.29 is 18.0 Å². The van der Waals surface area contributed by atoms with Gasteiger partial charge in [0, 0.05) is 36.9 Å². The van der Waals surface area contributed by atoms with E-state index in [4.69, 9.17) is 11.3 Å². The topological polar surface area (TPSA) is 103 Å². The normalized spacial score (nSPS) is 18.6. The van der Waals surface area contributed by atoms with Crippen molar-refractivity contribution in [1.29, 1.82) is 5.41 Å². The number of hydrazine groups is 1. The van der Waals surface area contributed by atoms with E-state index in [2.05, 4.69) is 15.4 Å². The number of hydrogen-bond donors (Lipinski definition) is 3. The maximum Gasteiger partial charge on any atom is 0.416 e. The number of piperidine rings is 1. The summed E-state index contributed by atoms with van der Waals surface area (Å²) in [7, 11) is 0. The van der Waals surface area contributed by atoms with E-state index < -0.39 is 11.7 Å². The number of alkyl halides is 3. The predicted molar refractivity (Wildman–Crippen MR) is 117 cm³/mol. The average Bonchev–Trinajstić information content (AvgIpc) is 3.39. The van der Waals surface area contributed by atoms with Crippen LogP contribution in [-0.4, -0.2) is 56.6 Å². The van der Waals surface area contributed by atoms with Crippen LogP contribution >= 0.6 is 0 Å². The zero-order valence-corrected chi connectivity index (χ0v) is 18.5. The van der Waals surface area contributed by atoms with Crippen molar-refractivity contribution in [3.8, 4) is 0 Å². The van der Waals surface area contributed by atoms with Crippen molar-refractivity contribution >= 4 is 11.9 Å². The molecule has 11 heteroatoms. The largest absolute Gasteiger partial charge is 0.416 e. The van der Waals surface area contributed by atoms with Crippen LogP contribution in [0.1, 0.15) is 48.1 Å². The Balaban J connectivity index is 1.50. The van der Waals surface area contributed by atoms with Gasteiger partial charge in [0.1, 0.15) is 5.84 Å². The highest BCUT2D eigenvalue weighted by Crippen LogP contribution is 2.40. The molecule has 1 amide bonds. The van der Waals surface area contributed by atoms with Crippen LogP contribution in [-0.2, 0) is 12.7 Å². The fourth-order valence-corrected chi connectivity index (χ4v) is 4.99. The minimum absolute atomic E-state index is 0.116. The number of rotatable bonds is 3. The molecular formula is C22H28F3N7O. The lowest BCUT2D eigenvalue weighted by Crippen LogP contribution is -2.53. The summed E-state index contributed by atoms with van der Waals surface area (Å²) in [5.74, 6) is 5.11. The lowest BCUT2D eigenvalue weighted by Gasteiger charge is -2.45. The second kappa shape index (κ2) is 8.79. The number of halogens is 3. The van der Waals surface area contributed by atoms with Crippen LogP contribution in [0.25, 0.3) is 0 Å². The maximum atomic E-state index is 13.2. The summed E-state index contributed by atoms with van der Waals surface area (Å²) < 4.78 is 41.0. The molecule has 178 valence electrons. The Labute approximate surface area is 190 Å². The number of aromatic nitrogens is 2. The van der Waals surface area contributed by atoms with Crippen LogP contribution in [0.3, 0.4) is 0 Å². The minimum atomic E-state index is -4.50. The van der Waals surface area contributed by atoms with E-state index in [-0.39, 0.29) is 23.0 Å². The number of amidine groups is 1. The van der Waals surface area contributed by atoms with Gasteiger partial charge in [0.25, 0.3) is 0 Å². The molecule has 0 radical (unpaired) electrons. The summed E-state index contributed by atoms with van der Waals surface area (Å²) in [5.41, 5.74) is 2.81. The van der Waals surface area contributed by atoms with Crippen LogP contribution < -0.4 is 11.3 Å². The van der Waals surface area contributed by atoms with Crippen molar-refractivity contribution in [2.75, 3.05) is 19.6 Å². The summed E-state index contributed by atoms with van der Waals surface area (Å²) in [5, 5.41) is 12.2. The number of carbonyl (C=O) groups excluding carboxylic acids is 1. The number of nitrogens with two attached hydrogens (primary N) is 1. The van der Waals surface area contributed by atoms with Gasteiger partial charge in [0.15, 0.2) is 0 Å².